The van der Waals surface area contributed by atoms with Crippen LogP contribution in [0.2, 0.25) is 0 Å². The van der Waals surface area contributed by atoms with E-state index < -0.39 is 0 Å². The Labute approximate surface area is 91.3 Å². The van der Waals surface area contributed by atoms with Crippen molar-refractivity contribution in [1.82, 2.24) is 4.90 Å². The lowest BCUT2D eigenvalue weighted by atomic mass is 10.3. The first-order valence-electron chi connectivity index (χ1n) is 5.69. The minimum absolute atomic E-state index is 0.901. The molecule has 1 fully saturated rings. The molecule has 1 aliphatic heterocycles. The van der Waals surface area contributed by atoms with Gasteiger partial charge in [-0.15, -0.1) is 0 Å². The van der Waals surface area contributed by atoms with Crippen LogP contribution < -0.4 is 4.57 Å². The third kappa shape index (κ3) is 3.61. The van der Waals surface area contributed by atoms with Gasteiger partial charge in [0.05, 0.1) is 13.2 Å². The highest BCUT2D eigenvalue weighted by molar-refractivity contribution is 4.83. The molecule has 0 aliphatic carbocycles. The van der Waals surface area contributed by atoms with Gasteiger partial charge in [0.2, 0.25) is 0 Å². The molecule has 3 nitrogen and oxygen atoms in total. The third-order valence-corrected chi connectivity index (χ3v) is 2.77. The highest BCUT2D eigenvalue weighted by atomic mass is 16.5. The summed E-state index contributed by atoms with van der Waals surface area (Å²) in [6.45, 7) is 6.29. The Morgan fingerprint density at radius 3 is 2.53 bits per heavy atom. The number of rotatable bonds is 4. The van der Waals surface area contributed by atoms with Gasteiger partial charge in [0.1, 0.15) is 6.54 Å². The molecule has 0 bridgehead atoms. The van der Waals surface area contributed by atoms with Gasteiger partial charge in [-0.1, -0.05) is 6.07 Å². The number of pyridine rings is 1. The molecule has 0 spiro atoms. The maximum Gasteiger partial charge on any atom is 0.168 e. The van der Waals surface area contributed by atoms with Crippen LogP contribution in [0.25, 0.3) is 0 Å². The molecule has 2 heterocycles. The van der Waals surface area contributed by atoms with Crippen molar-refractivity contribution in [3.05, 3.63) is 30.6 Å². The fourth-order valence-electron chi connectivity index (χ4n) is 1.89. The molecule has 3 heteroatoms. The summed E-state index contributed by atoms with van der Waals surface area (Å²) in [6, 6.07) is 6.21. The molecular weight excluding hydrogens is 188 g/mol. The molecule has 0 aromatic carbocycles. The second-order valence-corrected chi connectivity index (χ2v) is 3.92. The normalized spacial score (nSPS) is 17.9. The minimum atomic E-state index is 0.901. The highest BCUT2D eigenvalue weighted by Crippen LogP contribution is 1.97. The average Bonchev–Trinajstić information content (AvgIpc) is 2.32. The molecule has 1 aromatic heterocycles. The van der Waals surface area contributed by atoms with E-state index in [4.69, 9.17) is 4.74 Å². The Balaban J connectivity index is 1.66. The van der Waals surface area contributed by atoms with Crippen molar-refractivity contribution in [2.45, 2.75) is 13.0 Å². The molecule has 2 rings (SSSR count). The smallest absolute Gasteiger partial charge is 0.168 e. The number of aromatic nitrogens is 1. The Morgan fingerprint density at radius 2 is 1.80 bits per heavy atom. The summed E-state index contributed by atoms with van der Waals surface area (Å²) >= 11 is 0. The van der Waals surface area contributed by atoms with E-state index >= 15 is 0 Å². The van der Waals surface area contributed by atoms with Gasteiger partial charge in [-0.3, -0.25) is 4.90 Å². The van der Waals surface area contributed by atoms with Crippen LogP contribution in [0.5, 0.6) is 0 Å². The van der Waals surface area contributed by atoms with Crippen molar-refractivity contribution in [3.8, 4) is 0 Å². The van der Waals surface area contributed by atoms with E-state index in [1.54, 1.807) is 0 Å². The van der Waals surface area contributed by atoms with Crippen molar-refractivity contribution >= 4 is 0 Å². The van der Waals surface area contributed by atoms with Gasteiger partial charge in [0.25, 0.3) is 0 Å². The average molecular weight is 207 g/mol. The van der Waals surface area contributed by atoms with Gasteiger partial charge < -0.3 is 4.74 Å². The fourth-order valence-corrected chi connectivity index (χ4v) is 1.89. The zero-order chi connectivity index (χ0) is 10.3. The highest BCUT2D eigenvalue weighted by Gasteiger charge is 2.10. The molecular formula is C12H19N2O+. The van der Waals surface area contributed by atoms with Crippen LogP contribution in [-0.2, 0) is 11.3 Å². The molecule has 0 amide bonds. The summed E-state index contributed by atoms with van der Waals surface area (Å²) in [4.78, 5) is 2.48. The number of hydrogen-bond acceptors (Lipinski definition) is 2. The first kappa shape index (κ1) is 10.6. The number of morpholine rings is 1. The quantitative estimate of drug-likeness (QED) is 0.676. The number of nitrogens with zero attached hydrogens (tertiary/aromatic N) is 2. The minimum Gasteiger partial charge on any atom is -0.379 e. The molecule has 15 heavy (non-hydrogen) atoms. The summed E-state index contributed by atoms with van der Waals surface area (Å²) in [5, 5.41) is 0. The molecule has 0 saturated carbocycles. The molecule has 0 unspecified atom stereocenters. The second kappa shape index (κ2) is 5.83. The van der Waals surface area contributed by atoms with Gasteiger partial charge >= 0.3 is 0 Å². The van der Waals surface area contributed by atoms with E-state index in [1.807, 2.05) is 0 Å². The maximum atomic E-state index is 5.32. The summed E-state index contributed by atoms with van der Waals surface area (Å²) < 4.78 is 7.55. The number of ether oxygens (including phenoxy) is 1. The molecule has 0 N–H and O–H groups in total. The van der Waals surface area contributed by atoms with Gasteiger partial charge in [-0.2, -0.15) is 0 Å². The Kier molecular flexibility index (Phi) is 4.11. The van der Waals surface area contributed by atoms with Crippen LogP contribution in [0.3, 0.4) is 0 Å². The van der Waals surface area contributed by atoms with Crippen LogP contribution >= 0.6 is 0 Å². The number of aryl methyl sites for hydroxylation is 1. The SMILES string of the molecule is c1cc[n+](CCCN2CCOCC2)cc1. The molecule has 0 radical (unpaired) electrons. The molecule has 1 saturated heterocycles. The lowest BCUT2D eigenvalue weighted by Crippen LogP contribution is -2.39. The second-order valence-electron chi connectivity index (χ2n) is 3.92. The molecule has 82 valence electrons. The lowest BCUT2D eigenvalue weighted by molar-refractivity contribution is -0.697. The van der Waals surface area contributed by atoms with E-state index in [-0.39, 0.29) is 0 Å². The Bertz CT molecular complexity index is 270. The number of hydrogen-bond donors (Lipinski definition) is 0. The topological polar surface area (TPSA) is 16.4 Å². The van der Waals surface area contributed by atoms with Gasteiger partial charge in [-0.25, -0.2) is 4.57 Å². The molecule has 0 atom stereocenters. The van der Waals surface area contributed by atoms with E-state index in [0.29, 0.717) is 0 Å². The van der Waals surface area contributed by atoms with Crippen LogP contribution in [0.1, 0.15) is 6.42 Å². The van der Waals surface area contributed by atoms with Gasteiger partial charge in [-0.05, 0) is 0 Å². The zero-order valence-electron chi connectivity index (χ0n) is 9.14. The maximum absolute atomic E-state index is 5.32. The van der Waals surface area contributed by atoms with Gasteiger partial charge in [0.15, 0.2) is 12.4 Å². The first-order chi connectivity index (χ1) is 7.45. The van der Waals surface area contributed by atoms with Gasteiger partial charge in [0, 0.05) is 38.2 Å². The van der Waals surface area contributed by atoms with Crippen molar-refractivity contribution in [3.63, 3.8) is 0 Å². The standard InChI is InChI=1S/C12H19N2O/c1-2-5-13(6-3-1)7-4-8-14-9-11-15-12-10-14/h1-3,5-6H,4,7-12H2/q+1. The third-order valence-electron chi connectivity index (χ3n) is 2.77. The summed E-state index contributed by atoms with van der Waals surface area (Å²) in [7, 11) is 0. The Morgan fingerprint density at radius 1 is 1.07 bits per heavy atom. The van der Waals surface area contributed by atoms with Crippen LogP contribution in [0.4, 0.5) is 0 Å². The van der Waals surface area contributed by atoms with Crippen molar-refractivity contribution in [2.75, 3.05) is 32.8 Å². The van der Waals surface area contributed by atoms with E-state index in [2.05, 4.69) is 40.1 Å². The molecule has 1 aromatic rings. The monoisotopic (exact) mass is 207 g/mol. The Hall–Kier alpha value is -0.930. The van der Waals surface area contributed by atoms with Crippen molar-refractivity contribution < 1.29 is 9.30 Å². The van der Waals surface area contributed by atoms with E-state index in [0.717, 1.165) is 32.8 Å². The van der Waals surface area contributed by atoms with E-state index in [9.17, 15) is 0 Å². The summed E-state index contributed by atoms with van der Waals surface area (Å²) in [5.74, 6) is 0. The first-order valence-corrected chi connectivity index (χ1v) is 5.69. The van der Waals surface area contributed by atoms with Crippen LogP contribution in [-0.4, -0.2) is 37.7 Å². The van der Waals surface area contributed by atoms with Crippen LogP contribution in [0.15, 0.2) is 30.6 Å². The summed E-state index contributed by atoms with van der Waals surface area (Å²) in [5.41, 5.74) is 0. The predicted molar refractivity (Wildman–Crippen MR) is 58.5 cm³/mol. The predicted octanol–water partition coefficient (Wildman–Crippen LogP) is 0.696. The summed E-state index contributed by atoms with van der Waals surface area (Å²) in [6.07, 6.45) is 5.47. The fraction of sp³-hybridized carbons (Fsp3) is 0.583. The van der Waals surface area contributed by atoms with Crippen molar-refractivity contribution in [1.29, 1.82) is 0 Å². The van der Waals surface area contributed by atoms with E-state index in [1.165, 1.54) is 13.0 Å². The largest absolute Gasteiger partial charge is 0.379 e. The lowest BCUT2D eigenvalue weighted by Gasteiger charge is -2.25. The zero-order valence-corrected chi connectivity index (χ0v) is 9.14. The van der Waals surface area contributed by atoms with Crippen LogP contribution in [0, 0.1) is 0 Å². The molecule has 1 aliphatic rings. The van der Waals surface area contributed by atoms with Crippen molar-refractivity contribution in [2.24, 2.45) is 0 Å².